The van der Waals surface area contributed by atoms with Crippen molar-refractivity contribution in [3.63, 3.8) is 0 Å². The molecule has 2 saturated carbocycles. The zero-order chi connectivity index (χ0) is 55.2. The maximum absolute atomic E-state index is 14.4. The van der Waals surface area contributed by atoms with Crippen molar-refractivity contribution in [1.82, 2.24) is 43.2 Å². The van der Waals surface area contributed by atoms with Crippen LogP contribution in [0.25, 0.3) is 0 Å². The summed E-state index contributed by atoms with van der Waals surface area (Å²) in [6.07, 6.45) is 22.4. The van der Waals surface area contributed by atoms with Crippen LogP contribution in [0.5, 0.6) is 5.75 Å². The average molecular weight is 1200 g/mol. The number of nitrogens with zero attached hydrogens (tertiary/aromatic N) is 7. The summed E-state index contributed by atoms with van der Waals surface area (Å²) >= 11 is 0.949. The van der Waals surface area contributed by atoms with Gasteiger partial charge in [0.05, 0.1) is 12.6 Å². The normalized spacial score (nSPS) is 18.9. The molecule has 4 atom stereocenters. The Morgan fingerprint density at radius 1 is 0.923 bits per heavy atom. The number of aromatic nitrogens is 5. The van der Waals surface area contributed by atoms with Gasteiger partial charge in [0.2, 0.25) is 17.6 Å². The van der Waals surface area contributed by atoms with Crippen molar-refractivity contribution in [2.75, 3.05) is 32.1 Å². The van der Waals surface area contributed by atoms with E-state index in [9.17, 15) is 24.0 Å². The maximum atomic E-state index is 14.4. The minimum absolute atomic E-state index is 0.00363. The summed E-state index contributed by atoms with van der Waals surface area (Å²) in [6.45, 7) is 11.0. The quantitative estimate of drug-likeness (QED) is 0.0272. The number of benzene rings is 1. The molecule has 4 aromatic rings. The Hall–Kier alpha value is -5.32. The van der Waals surface area contributed by atoms with Crippen LogP contribution in [0, 0.1) is 5.92 Å². The van der Waals surface area contributed by atoms with Gasteiger partial charge in [-0.15, -0.1) is 11.3 Å². The van der Waals surface area contributed by atoms with Gasteiger partial charge in [-0.25, -0.2) is 9.78 Å². The number of unbranched alkanes of at least 4 members (excludes halogenated alkanes) is 8. The van der Waals surface area contributed by atoms with E-state index in [1.54, 1.807) is 38.3 Å². The predicted molar refractivity (Wildman–Crippen MR) is 299 cm³/mol. The van der Waals surface area contributed by atoms with Crippen LogP contribution in [0.3, 0.4) is 0 Å². The Bertz CT molecular complexity index is 2700. The third-order valence-corrected chi connectivity index (χ3v) is 18.0. The van der Waals surface area contributed by atoms with Crippen molar-refractivity contribution in [3.05, 3.63) is 75.6 Å². The first-order valence-corrected chi connectivity index (χ1v) is 31.6. The summed E-state index contributed by atoms with van der Waals surface area (Å²) in [5, 5.41) is 21.5. The van der Waals surface area contributed by atoms with Crippen LogP contribution < -0.4 is 41.9 Å². The van der Waals surface area contributed by atoms with Crippen molar-refractivity contribution in [1.29, 1.82) is 0 Å². The van der Waals surface area contributed by atoms with Crippen LogP contribution in [-0.4, -0.2) is 123 Å². The summed E-state index contributed by atoms with van der Waals surface area (Å²) in [4.78, 5) is 74.1. The van der Waals surface area contributed by atoms with Gasteiger partial charge in [0, 0.05) is 24.5 Å². The number of likely N-dealkylation sites (N-methyl/N-ethyl adjacent to an activating group) is 1. The fourth-order valence-corrected chi connectivity index (χ4v) is 13.8. The number of anilines is 1. The number of amides is 4. The van der Waals surface area contributed by atoms with Crippen LogP contribution in [-0.2, 0) is 25.6 Å². The van der Waals surface area contributed by atoms with E-state index in [2.05, 4.69) is 45.7 Å². The summed E-state index contributed by atoms with van der Waals surface area (Å²) in [6, 6.07) is 8.51. The SMILES string of the molecule is CC(C)NC(=O)OC1CCC(c2cc3n(n2)[I-]B=C(c2cnn(CCCCCCCCCCCOc4cccc(C(=O)c5csc(C6CCCN6C(=O)C(NC(=O)CN(C)C(=O)OC(C)(C)C)C6CCCCC6)n5)c4)c2)N3)C1. The van der Waals surface area contributed by atoms with Crippen LogP contribution in [0.15, 0.2) is 48.1 Å². The average Bonchev–Trinajstić information content (AvgIpc) is 4.30. The number of alkyl carbamates (subject to hydrolysis) is 1. The first-order valence-electron chi connectivity index (χ1n) is 28.5. The molecule has 4 unspecified atom stereocenters. The number of thiazole rings is 1. The standard InChI is InChI=1S/C57H81BIN10O8S/c1-38(2)61-55(73)76-44-27-26-40(31-44)45-33-48-63-52(58-59-69(48)65-45)42-34-60-67(35-42)28-17-12-10-8-7-9-11-13-18-30-75-43-24-19-23-41(32-43)51(71)46-37-78-53(62-46)47-25-20-29-68(47)54(72)50(39-21-15-14-16-22-39)64-49(70)36-66(6)56(74)77-57(3,4)5/h19,23-24,32-35,37-40,44,47,50,63H,7-18,20-22,25-31,36H2,1-6H3,(H,61,73)(H,64,70)/q-1. The molecule has 5 heterocycles. The molecule has 2 aliphatic heterocycles. The van der Waals surface area contributed by atoms with Gasteiger partial charge in [0.15, 0.2) is 0 Å². The van der Waals surface area contributed by atoms with E-state index in [-0.39, 0.29) is 48.4 Å². The van der Waals surface area contributed by atoms with Crippen molar-refractivity contribution >= 4 is 57.3 Å². The van der Waals surface area contributed by atoms with Crippen LogP contribution in [0.4, 0.5) is 15.4 Å². The van der Waals surface area contributed by atoms with E-state index < -0.39 is 44.9 Å². The van der Waals surface area contributed by atoms with E-state index in [0.717, 1.165) is 113 Å². The molecule has 1 saturated heterocycles. The number of ether oxygens (including phenoxy) is 3. The molecule has 4 amide bonds. The van der Waals surface area contributed by atoms with Crippen LogP contribution in [0.1, 0.15) is 201 Å². The number of carbonyl (C=O) groups excluding carboxylic acids is 5. The summed E-state index contributed by atoms with van der Waals surface area (Å²) in [5.41, 5.74) is 3.42. The molecule has 21 heteroatoms. The number of ketones is 1. The molecule has 78 heavy (non-hydrogen) atoms. The molecule has 1 aromatic carbocycles. The number of halogens is 1. The molecule has 18 nitrogen and oxygen atoms in total. The van der Waals surface area contributed by atoms with Gasteiger partial charge in [-0.3, -0.25) is 14.4 Å². The molecule has 424 valence electrons. The molecule has 0 radical (unpaired) electrons. The first-order chi connectivity index (χ1) is 37.6. The minimum atomic E-state index is -0.715. The summed E-state index contributed by atoms with van der Waals surface area (Å²) < 4.78 is 23.6. The third kappa shape index (κ3) is 16.9. The van der Waals surface area contributed by atoms with Gasteiger partial charge in [0.1, 0.15) is 34.6 Å². The van der Waals surface area contributed by atoms with E-state index in [1.165, 1.54) is 61.8 Å². The number of fused-ring (bicyclic) bond motifs is 1. The van der Waals surface area contributed by atoms with Crippen molar-refractivity contribution < 1.29 is 59.4 Å². The molecule has 0 spiro atoms. The van der Waals surface area contributed by atoms with Gasteiger partial charge < -0.3 is 24.6 Å². The second kappa shape index (κ2) is 28.2. The molecule has 4 aliphatic rings. The molecular formula is C57H81BIN10O8S-. The first kappa shape index (κ1) is 58.8. The summed E-state index contributed by atoms with van der Waals surface area (Å²) in [7, 11) is 1.52. The number of rotatable bonds is 25. The molecule has 3 N–H and O–H groups in total. The summed E-state index contributed by atoms with van der Waals surface area (Å²) in [5.74, 6) is 1.24. The molecule has 8 rings (SSSR count). The number of likely N-dealkylation sites (tertiary alicyclic amines) is 1. The van der Waals surface area contributed by atoms with E-state index in [1.807, 2.05) is 37.1 Å². The Kier molecular flexibility index (Phi) is 21.3. The number of aryl methyl sites for hydroxylation is 1. The second-order valence-electron chi connectivity index (χ2n) is 22.8. The van der Waals surface area contributed by atoms with Gasteiger partial charge in [-0.2, -0.15) is 0 Å². The Balaban J connectivity index is 0.694. The van der Waals surface area contributed by atoms with E-state index in [4.69, 9.17) is 24.3 Å². The third-order valence-electron chi connectivity index (χ3n) is 14.9. The second-order valence-corrected chi connectivity index (χ2v) is 25.8. The zero-order valence-electron chi connectivity index (χ0n) is 46.6. The van der Waals surface area contributed by atoms with Gasteiger partial charge in [-0.05, 0) is 70.9 Å². The molecule has 0 bridgehead atoms. The van der Waals surface area contributed by atoms with Gasteiger partial charge >= 0.3 is 220 Å². The van der Waals surface area contributed by atoms with Crippen LogP contribution >= 0.6 is 11.3 Å². The molecule has 3 aromatic heterocycles. The zero-order valence-corrected chi connectivity index (χ0v) is 49.6. The van der Waals surface area contributed by atoms with Crippen molar-refractivity contribution in [3.8, 4) is 5.75 Å². The van der Waals surface area contributed by atoms with Crippen molar-refractivity contribution in [2.24, 2.45) is 5.92 Å². The number of hydrogen-bond acceptors (Lipinski definition) is 13. The number of carbonyl (C=O) groups is 5. The fourth-order valence-electron chi connectivity index (χ4n) is 10.9. The molecular weight excluding hydrogens is 1120 g/mol. The monoisotopic (exact) mass is 1200 g/mol. The predicted octanol–water partition coefficient (Wildman–Crippen LogP) is 6.80. The van der Waals surface area contributed by atoms with Crippen molar-refractivity contribution in [2.45, 2.75) is 199 Å². The molecule has 2 aliphatic carbocycles. The van der Waals surface area contributed by atoms with Gasteiger partial charge in [0.25, 0.3) is 0 Å². The Labute approximate surface area is 475 Å². The fraction of sp³-hybridized carbons (Fsp3) is 0.632. The molecule has 3 fully saturated rings. The van der Waals surface area contributed by atoms with Crippen LogP contribution in [0.2, 0.25) is 0 Å². The topological polar surface area (TPSA) is 204 Å². The Morgan fingerprint density at radius 2 is 1.68 bits per heavy atom. The Morgan fingerprint density at radius 3 is 2.44 bits per heavy atom. The van der Waals surface area contributed by atoms with Gasteiger partial charge in [-0.1, -0.05) is 37.8 Å². The van der Waals surface area contributed by atoms with E-state index in [0.29, 0.717) is 41.1 Å². The van der Waals surface area contributed by atoms with E-state index >= 15 is 0 Å². The number of hydrogen-bond donors (Lipinski definition) is 3. The number of nitrogens with one attached hydrogen (secondary N) is 3.